The van der Waals surface area contributed by atoms with Gasteiger partial charge in [-0.25, -0.2) is 9.41 Å². The molecule has 0 saturated carbocycles. The Bertz CT molecular complexity index is 1730. The van der Waals surface area contributed by atoms with Gasteiger partial charge in [-0.1, -0.05) is 36.4 Å². The van der Waals surface area contributed by atoms with E-state index in [9.17, 15) is 5.26 Å². The first kappa shape index (κ1) is 16.3. The third-order valence-corrected chi connectivity index (χ3v) is 5.84. The minimum absolute atomic E-state index is 0.247. The summed E-state index contributed by atoms with van der Waals surface area (Å²) in [5, 5.41) is 11.5. The molecule has 0 aliphatic carbocycles. The third-order valence-electron chi connectivity index (χ3n) is 5.84. The quantitative estimate of drug-likeness (QED) is 0.235. The van der Waals surface area contributed by atoms with Gasteiger partial charge in [0.05, 0.1) is 23.8 Å². The van der Waals surface area contributed by atoms with Gasteiger partial charge >= 0.3 is 0 Å². The Balaban J connectivity index is 1.91. The van der Waals surface area contributed by atoms with E-state index >= 15 is 0 Å². The molecular formula is C28H20N3O+. The predicted molar refractivity (Wildman–Crippen MR) is 126 cm³/mol. The van der Waals surface area contributed by atoms with Crippen LogP contribution in [0.4, 0.5) is 5.69 Å². The fraction of sp³-hybridized carbons (Fsp3) is 0.107. The van der Waals surface area contributed by atoms with Crippen molar-refractivity contribution in [1.29, 1.82) is 5.26 Å². The smallest absolute Gasteiger partial charge is 0.216 e. The molecule has 4 heteroatoms. The number of hydrogen-bond acceptors (Lipinski definition) is 2. The molecule has 0 amide bonds. The maximum absolute atomic E-state index is 9.87. The number of furan rings is 1. The molecule has 32 heavy (non-hydrogen) atoms. The lowest BCUT2D eigenvalue weighted by Gasteiger charge is -2.07. The number of hydrogen-bond donors (Lipinski definition) is 0. The summed E-state index contributed by atoms with van der Waals surface area (Å²) in [5.41, 5.74) is 5.88. The average Bonchev–Trinajstić information content (AvgIpc) is 3.21. The summed E-state index contributed by atoms with van der Waals surface area (Å²) in [4.78, 5) is 3.65. The van der Waals surface area contributed by atoms with Crippen LogP contribution in [0.1, 0.15) is 20.8 Å². The number of para-hydroxylation sites is 1. The van der Waals surface area contributed by atoms with E-state index in [1.165, 1.54) is 0 Å². The van der Waals surface area contributed by atoms with Crippen LogP contribution in [0.5, 0.6) is 0 Å². The van der Waals surface area contributed by atoms with E-state index in [0.717, 1.165) is 21.9 Å². The molecule has 0 radical (unpaired) electrons. The van der Waals surface area contributed by atoms with Crippen molar-refractivity contribution in [3.63, 3.8) is 0 Å². The number of nitriles is 1. The van der Waals surface area contributed by atoms with E-state index in [1.54, 1.807) is 36.5 Å². The van der Waals surface area contributed by atoms with Gasteiger partial charge in [0.15, 0.2) is 11.9 Å². The van der Waals surface area contributed by atoms with Crippen LogP contribution in [-0.4, -0.2) is 0 Å². The monoisotopic (exact) mass is 417 g/mol. The lowest BCUT2D eigenvalue weighted by molar-refractivity contribution is -0.660. The fourth-order valence-corrected chi connectivity index (χ4v) is 4.28. The summed E-state index contributed by atoms with van der Waals surface area (Å²) in [7, 11) is 1.87. The van der Waals surface area contributed by atoms with Crippen LogP contribution in [0.2, 0.25) is 0 Å². The van der Waals surface area contributed by atoms with Gasteiger partial charge in [0, 0.05) is 32.6 Å². The van der Waals surface area contributed by atoms with Crippen LogP contribution < -0.4 is 4.57 Å². The first-order valence-electron chi connectivity index (χ1n) is 11.6. The highest BCUT2D eigenvalue weighted by Gasteiger charge is 2.23. The molecule has 5 rings (SSSR count). The van der Waals surface area contributed by atoms with Crippen molar-refractivity contribution in [2.45, 2.75) is 13.8 Å². The van der Waals surface area contributed by atoms with Gasteiger partial charge < -0.3 is 4.42 Å². The molecule has 0 atom stereocenters. The minimum Gasteiger partial charge on any atom is -0.455 e. The predicted octanol–water partition coefficient (Wildman–Crippen LogP) is 6.78. The van der Waals surface area contributed by atoms with Crippen LogP contribution in [0.3, 0.4) is 0 Å². The summed E-state index contributed by atoms with van der Waals surface area (Å²) < 4.78 is 32.0. The Labute approximate surface area is 190 Å². The summed E-state index contributed by atoms with van der Waals surface area (Å²) in [6.45, 7) is 7.33. The van der Waals surface area contributed by atoms with Gasteiger partial charge in [-0.05, 0) is 42.6 Å². The van der Waals surface area contributed by atoms with Gasteiger partial charge in [-0.2, -0.15) is 5.26 Å². The second-order valence-corrected chi connectivity index (χ2v) is 7.75. The van der Waals surface area contributed by atoms with Crippen LogP contribution >= 0.6 is 0 Å². The summed E-state index contributed by atoms with van der Waals surface area (Å²) in [6, 6.07) is 20.3. The lowest BCUT2D eigenvalue weighted by Crippen LogP contribution is -2.30. The van der Waals surface area contributed by atoms with Crippen molar-refractivity contribution in [2.75, 3.05) is 0 Å². The van der Waals surface area contributed by atoms with Crippen molar-refractivity contribution in [1.82, 2.24) is 0 Å². The molecule has 5 aromatic rings. The number of pyridine rings is 1. The molecule has 0 saturated heterocycles. The van der Waals surface area contributed by atoms with Crippen LogP contribution in [0.25, 0.3) is 49.2 Å². The minimum atomic E-state index is -2.24. The summed E-state index contributed by atoms with van der Waals surface area (Å²) in [6.07, 6.45) is 1.74. The summed E-state index contributed by atoms with van der Waals surface area (Å²) >= 11 is 0. The Morgan fingerprint density at radius 3 is 2.53 bits per heavy atom. The van der Waals surface area contributed by atoms with E-state index in [1.807, 2.05) is 48.9 Å². The van der Waals surface area contributed by atoms with Crippen LogP contribution in [-0.2, 0) is 7.05 Å². The van der Waals surface area contributed by atoms with Gasteiger partial charge in [-0.15, -0.1) is 0 Å². The molecule has 0 fully saturated rings. The van der Waals surface area contributed by atoms with Crippen LogP contribution in [0.15, 0.2) is 71.3 Å². The first-order valence-corrected chi connectivity index (χ1v) is 10.1. The molecule has 0 unspecified atom stereocenters. The van der Waals surface area contributed by atoms with Gasteiger partial charge in [-0.3, -0.25) is 0 Å². The fourth-order valence-electron chi connectivity index (χ4n) is 4.28. The molecule has 0 bridgehead atoms. The topological polar surface area (TPSA) is 45.2 Å². The maximum atomic E-state index is 9.87. The average molecular weight is 418 g/mol. The number of aromatic nitrogens is 1. The zero-order chi connectivity index (χ0) is 24.9. The maximum Gasteiger partial charge on any atom is 0.216 e. The number of fused-ring (bicyclic) bond motifs is 3. The third kappa shape index (κ3) is 2.86. The van der Waals surface area contributed by atoms with Crippen molar-refractivity contribution in [3.05, 3.63) is 95.0 Å². The molecule has 152 valence electrons. The number of nitrogens with zero attached hydrogens (tertiary/aromatic N) is 3. The normalized spacial score (nSPS) is 12.7. The molecule has 0 aliphatic heterocycles. The van der Waals surface area contributed by atoms with E-state index < -0.39 is 6.85 Å². The Kier molecular flexibility index (Phi) is 3.76. The second kappa shape index (κ2) is 7.38. The molecule has 0 spiro atoms. The number of aryl methyl sites for hydroxylation is 3. The van der Waals surface area contributed by atoms with Crippen molar-refractivity contribution < 1.29 is 13.1 Å². The van der Waals surface area contributed by atoms with E-state index in [4.69, 9.17) is 15.1 Å². The number of rotatable bonds is 2. The Morgan fingerprint density at radius 1 is 1.03 bits per heavy atom. The Morgan fingerprint density at radius 2 is 1.78 bits per heavy atom. The summed E-state index contributed by atoms with van der Waals surface area (Å²) in [5.74, 6) is 0. The zero-order valence-corrected chi connectivity index (χ0v) is 17.6. The van der Waals surface area contributed by atoms with Crippen molar-refractivity contribution in [2.24, 2.45) is 7.05 Å². The van der Waals surface area contributed by atoms with Crippen molar-refractivity contribution in [3.8, 4) is 28.5 Å². The second-order valence-electron chi connectivity index (χ2n) is 7.75. The molecule has 0 N–H and O–H groups in total. The highest BCUT2D eigenvalue weighted by molar-refractivity contribution is 6.14. The molecule has 2 aromatic heterocycles. The molecular weight excluding hydrogens is 394 g/mol. The standard InChI is InChI=1S/C28H20N3O/c1-17-13-14-31(4)24(15-17)25-18(2)9-11-20-21-12-10-19(16-29)26(28(21)32-27(20)25)22-7-5-6-8-23(22)30-3/h5-15H,1-2,4H3/q+1/i1D3. The van der Waals surface area contributed by atoms with Gasteiger partial charge in [0.1, 0.15) is 18.2 Å². The highest BCUT2D eigenvalue weighted by Crippen LogP contribution is 2.43. The molecule has 0 aliphatic rings. The Hall–Kier alpha value is -4.41. The lowest BCUT2D eigenvalue weighted by atomic mass is 9.95. The van der Waals surface area contributed by atoms with E-state index in [2.05, 4.69) is 10.9 Å². The molecule has 2 heterocycles. The van der Waals surface area contributed by atoms with E-state index in [-0.39, 0.29) is 5.56 Å². The molecule has 4 nitrogen and oxygen atoms in total. The highest BCUT2D eigenvalue weighted by atomic mass is 16.3. The van der Waals surface area contributed by atoms with E-state index in [0.29, 0.717) is 39.2 Å². The zero-order valence-electron chi connectivity index (χ0n) is 20.6. The largest absolute Gasteiger partial charge is 0.455 e. The van der Waals surface area contributed by atoms with Crippen LogP contribution in [0, 0.1) is 31.7 Å². The van der Waals surface area contributed by atoms with Gasteiger partial charge in [0.2, 0.25) is 5.69 Å². The molecule has 3 aromatic carbocycles. The SMILES string of the molecule is [2H]C([2H])([2H])c1cc[n+](C)c(-c2c(C)ccc3c2oc2c(-c4ccccc4[N+]#[C-])c(C#N)ccc23)c1. The van der Waals surface area contributed by atoms with Crippen molar-refractivity contribution >= 4 is 27.6 Å². The number of benzene rings is 3. The van der Waals surface area contributed by atoms with Gasteiger partial charge in [0.25, 0.3) is 0 Å². The first-order chi connectivity index (χ1) is 16.7.